The van der Waals surface area contributed by atoms with Crippen LogP contribution >= 0.6 is 0 Å². The zero-order valence-corrected chi connectivity index (χ0v) is 16.8. The van der Waals surface area contributed by atoms with Gasteiger partial charge < -0.3 is 14.2 Å². The molecular weight excluding hydrogens is 350 g/mol. The van der Waals surface area contributed by atoms with Gasteiger partial charge in [-0.3, -0.25) is 4.90 Å². The van der Waals surface area contributed by atoms with Gasteiger partial charge >= 0.3 is 0 Å². The molecule has 0 aromatic heterocycles. The maximum Gasteiger partial charge on any atom is 0.158 e. The first kappa shape index (κ1) is 19.1. The lowest BCUT2D eigenvalue weighted by Crippen LogP contribution is -2.51. The zero-order valence-electron chi connectivity index (χ0n) is 16.8. The molecule has 150 valence electrons. The van der Waals surface area contributed by atoms with Crippen LogP contribution in [0.2, 0.25) is 0 Å². The highest BCUT2D eigenvalue weighted by molar-refractivity contribution is 5.31. The van der Waals surface area contributed by atoms with E-state index in [-0.39, 0.29) is 5.60 Å². The molecule has 0 spiro atoms. The minimum absolute atomic E-state index is 0.290. The molecule has 0 radical (unpaired) electrons. The predicted octanol–water partition coefficient (Wildman–Crippen LogP) is 4.80. The van der Waals surface area contributed by atoms with E-state index in [1.807, 2.05) is 6.07 Å². The van der Waals surface area contributed by atoms with Gasteiger partial charge in [-0.1, -0.05) is 35.9 Å². The van der Waals surface area contributed by atoms with Crippen molar-refractivity contribution in [2.24, 2.45) is 0 Å². The molecule has 4 heteroatoms. The number of piperidine rings is 1. The van der Waals surface area contributed by atoms with Crippen molar-refractivity contribution < 1.29 is 14.2 Å². The predicted molar refractivity (Wildman–Crippen MR) is 111 cm³/mol. The third-order valence-electron chi connectivity index (χ3n) is 6.05. The van der Waals surface area contributed by atoms with E-state index in [2.05, 4.69) is 41.3 Å². The summed E-state index contributed by atoms with van der Waals surface area (Å²) in [6.45, 7) is 3.69. The van der Waals surface area contributed by atoms with Crippen LogP contribution < -0.4 is 4.74 Å². The van der Waals surface area contributed by atoms with Crippen LogP contribution in [0.4, 0.5) is 0 Å². The SMILES string of the molecule is COc1cccc(C2CCCN(CC3(CC4=CC=CCC4)COC=CO3)C2)c1. The molecule has 2 unspecified atom stereocenters. The van der Waals surface area contributed by atoms with Gasteiger partial charge in [0.1, 0.15) is 24.9 Å². The van der Waals surface area contributed by atoms with E-state index in [1.165, 1.54) is 24.0 Å². The van der Waals surface area contributed by atoms with Crippen LogP contribution in [0.3, 0.4) is 0 Å². The second-order valence-electron chi connectivity index (χ2n) is 8.20. The molecule has 1 aromatic carbocycles. The summed E-state index contributed by atoms with van der Waals surface area (Å²) < 4.78 is 17.4. The fourth-order valence-corrected chi connectivity index (χ4v) is 4.66. The summed E-state index contributed by atoms with van der Waals surface area (Å²) in [5.74, 6) is 1.48. The maximum absolute atomic E-state index is 6.22. The molecule has 28 heavy (non-hydrogen) atoms. The van der Waals surface area contributed by atoms with Gasteiger partial charge in [-0.2, -0.15) is 0 Å². The fourth-order valence-electron chi connectivity index (χ4n) is 4.66. The standard InChI is InChI=1S/C24H31NO3/c1-26-23-11-5-9-21(15-23)22-10-6-12-25(17-22)18-24(19-27-13-14-28-24)16-20-7-3-2-4-8-20/h2-3,5,7,9,11,13-15,22H,4,6,8,10,12,16-19H2,1H3. The normalized spacial score (nSPS) is 27.6. The van der Waals surface area contributed by atoms with Gasteiger partial charge in [0.25, 0.3) is 0 Å². The van der Waals surface area contributed by atoms with Gasteiger partial charge in [-0.25, -0.2) is 0 Å². The van der Waals surface area contributed by atoms with Crippen LogP contribution in [0.5, 0.6) is 5.75 Å². The van der Waals surface area contributed by atoms with Crippen LogP contribution in [0, 0.1) is 0 Å². The third-order valence-corrected chi connectivity index (χ3v) is 6.05. The van der Waals surface area contributed by atoms with E-state index in [9.17, 15) is 0 Å². The first-order valence-corrected chi connectivity index (χ1v) is 10.4. The lowest BCUT2D eigenvalue weighted by Gasteiger charge is -2.42. The van der Waals surface area contributed by atoms with E-state index in [4.69, 9.17) is 14.2 Å². The molecule has 1 aromatic rings. The number of ether oxygens (including phenoxy) is 3. The van der Waals surface area contributed by atoms with E-state index >= 15 is 0 Å². The number of hydrogen-bond donors (Lipinski definition) is 0. The lowest BCUT2D eigenvalue weighted by atomic mass is 9.87. The molecule has 2 heterocycles. The van der Waals surface area contributed by atoms with Gasteiger partial charge in [0.15, 0.2) is 5.60 Å². The lowest BCUT2D eigenvalue weighted by molar-refractivity contribution is -0.0798. The largest absolute Gasteiger partial charge is 0.497 e. The quantitative estimate of drug-likeness (QED) is 0.708. The number of hydrogen-bond acceptors (Lipinski definition) is 4. The second-order valence-corrected chi connectivity index (χ2v) is 8.20. The summed E-state index contributed by atoms with van der Waals surface area (Å²) in [5.41, 5.74) is 2.55. The number of nitrogens with zero attached hydrogens (tertiary/aromatic N) is 1. The summed E-state index contributed by atoms with van der Waals surface area (Å²) in [6.07, 6.45) is 15.7. The molecule has 4 nitrogen and oxygen atoms in total. The Labute approximate surface area is 168 Å². The molecule has 1 aliphatic carbocycles. The van der Waals surface area contributed by atoms with E-state index in [0.29, 0.717) is 12.5 Å². The Hall–Kier alpha value is -2.20. The molecule has 1 fully saturated rings. The van der Waals surface area contributed by atoms with Crippen LogP contribution in [0.1, 0.15) is 43.6 Å². The van der Waals surface area contributed by atoms with E-state index in [1.54, 1.807) is 19.6 Å². The van der Waals surface area contributed by atoms with Crippen molar-refractivity contribution in [2.45, 2.75) is 43.6 Å². The van der Waals surface area contributed by atoms with Gasteiger partial charge in [0, 0.05) is 19.5 Å². The Bertz CT molecular complexity index is 754. The topological polar surface area (TPSA) is 30.9 Å². The van der Waals surface area contributed by atoms with Crippen molar-refractivity contribution in [3.05, 3.63) is 66.2 Å². The van der Waals surface area contributed by atoms with Crippen molar-refractivity contribution in [1.29, 1.82) is 0 Å². The van der Waals surface area contributed by atoms with Gasteiger partial charge in [-0.05, 0) is 55.8 Å². The first-order valence-electron chi connectivity index (χ1n) is 10.4. The molecule has 0 amide bonds. The van der Waals surface area contributed by atoms with Crippen LogP contribution in [0.25, 0.3) is 0 Å². The molecule has 0 bridgehead atoms. The highest BCUT2D eigenvalue weighted by Crippen LogP contribution is 2.33. The Morgan fingerprint density at radius 2 is 2.25 bits per heavy atom. The third kappa shape index (κ3) is 4.61. The Kier molecular flexibility index (Phi) is 6.06. The molecule has 4 rings (SSSR count). The summed E-state index contributed by atoms with van der Waals surface area (Å²) in [5, 5.41) is 0. The highest BCUT2D eigenvalue weighted by atomic mass is 16.6. The minimum atomic E-state index is -0.290. The maximum atomic E-state index is 6.22. The molecule has 3 aliphatic rings. The number of methoxy groups -OCH3 is 1. The number of likely N-dealkylation sites (tertiary alicyclic amines) is 1. The molecule has 1 saturated heterocycles. The molecule has 0 N–H and O–H groups in total. The monoisotopic (exact) mass is 381 g/mol. The van der Waals surface area contributed by atoms with Gasteiger partial charge in [0.2, 0.25) is 0 Å². The molecule has 0 saturated carbocycles. The zero-order chi connectivity index (χ0) is 19.2. The summed E-state index contributed by atoms with van der Waals surface area (Å²) >= 11 is 0. The average molecular weight is 382 g/mol. The minimum Gasteiger partial charge on any atom is -0.497 e. The van der Waals surface area contributed by atoms with Crippen LogP contribution in [0.15, 0.2) is 60.6 Å². The number of rotatable bonds is 6. The van der Waals surface area contributed by atoms with Crippen molar-refractivity contribution in [3.63, 3.8) is 0 Å². The molecule has 2 aliphatic heterocycles. The smallest absolute Gasteiger partial charge is 0.158 e. The Morgan fingerprint density at radius 3 is 3.04 bits per heavy atom. The van der Waals surface area contributed by atoms with E-state index in [0.717, 1.165) is 44.6 Å². The summed E-state index contributed by atoms with van der Waals surface area (Å²) in [4.78, 5) is 2.56. The van der Waals surface area contributed by atoms with Gasteiger partial charge in [0.05, 0.1) is 7.11 Å². The van der Waals surface area contributed by atoms with Crippen molar-refractivity contribution in [2.75, 3.05) is 33.4 Å². The van der Waals surface area contributed by atoms with Crippen molar-refractivity contribution in [3.8, 4) is 5.75 Å². The Balaban J connectivity index is 1.46. The van der Waals surface area contributed by atoms with Crippen LogP contribution in [-0.2, 0) is 9.47 Å². The van der Waals surface area contributed by atoms with Gasteiger partial charge in [-0.15, -0.1) is 0 Å². The number of benzene rings is 1. The number of allylic oxidation sites excluding steroid dienone is 3. The first-order chi connectivity index (χ1) is 13.8. The average Bonchev–Trinajstić information content (AvgIpc) is 2.75. The van der Waals surface area contributed by atoms with E-state index < -0.39 is 0 Å². The second kappa shape index (κ2) is 8.87. The Morgan fingerprint density at radius 1 is 1.29 bits per heavy atom. The molecular formula is C24H31NO3. The summed E-state index contributed by atoms with van der Waals surface area (Å²) in [7, 11) is 1.74. The van der Waals surface area contributed by atoms with Crippen LogP contribution in [-0.4, -0.2) is 43.9 Å². The molecule has 2 atom stereocenters. The van der Waals surface area contributed by atoms with Crippen molar-refractivity contribution in [1.82, 2.24) is 4.90 Å². The fraction of sp³-hybridized carbons (Fsp3) is 0.500. The van der Waals surface area contributed by atoms with Crippen molar-refractivity contribution >= 4 is 0 Å². The highest BCUT2D eigenvalue weighted by Gasteiger charge is 2.38. The summed E-state index contributed by atoms with van der Waals surface area (Å²) in [6, 6.07) is 8.53.